The fourth-order valence-electron chi connectivity index (χ4n) is 7.39. The maximum Gasteiger partial charge on any atom is 0.127 e. The van der Waals surface area contributed by atoms with Crippen molar-refractivity contribution in [2.75, 3.05) is 0 Å². The monoisotopic (exact) mass is 547 g/mol. The number of ether oxygens (including phenoxy) is 1. The number of hydrogen-bond donors (Lipinski definition) is 1. The van der Waals surface area contributed by atoms with Crippen LogP contribution in [0.4, 0.5) is 0 Å². The largest absolute Gasteiger partial charge is 0.488 e. The Balaban J connectivity index is 1.49. The van der Waals surface area contributed by atoms with Crippen LogP contribution in [0.25, 0.3) is 11.1 Å². The topological polar surface area (TPSA) is 35.2 Å². The maximum atomic E-state index is 6.92. The average molecular weight is 548 g/mol. The third-order valence-corrected chi connectivity index (χ3v) is 9.65. The van der Waals surface area contributed by atoms with Crippen LogP contribution >= 0.6 is 0 Å². The molecule has 0 amide bonds. The van der Waals surface area contributed by atoms with Crippen molar-refractivity contribution in [1.29, 1.82) is 0 Å². The molecule has 1 fully saturated rings. The molecule has 3 atom stereocenters. The minimum atomic E-state index is -0.158. The van der Waals surface area contributed by atoms with E-state index in [1.165, 1.54) is 53.5 Å². The molecular weight excluding hydrogens is 498 g/mol. The maximum absolute atomic E-state index is 6.92. The van der Waals surface area contributed by atoms with Crippen LogP contribution in [0.5, 0.6) is 5.75 Å². The standard InChI is InChI=1S/C39H49NO/c1-6-7-8-10-17-31-26-34-35(40)24-25-39(34,37(31)30-15-11-9-12-16-30)28(2)33-18-13-14-19-36(33)41-27-29-20-22-32(23-21-29)38(3,4)5/h9,11-16,18-23,34-35H,2,6-8,10,17,24-27,40H2,1,3-5H3. The first-order chi connectivity index (χ1) is 19.8. The lowest BCUT2D eigenvalue weighted by atomic mass is 9.66. The van der Waals surface area contributed by atoms with Crippen molar-refractivity contribution in [1.82, 2.24) is 0 Å². The van der Waals surface area contributed by atoms with E-state index in [2.05, 4.69) is 107 Å². The summed E-state index contributed by atoms with van der Waals surface area (Å²) >= 11 is 0. The Labute approximate surface area is 248 Å². The zero-order valence-corrected chi connectivity index (χ0v) is 25.7. The first-order valence-electron chi connectivity index (χ1n) is 15.8. The lowest BCUT2D eigenvalue weighted by molar-refractivity contribution is 0.303. The second-order valence-corrected chi connectivity index (χ2v) is 13.4. The summed E-state index contributed by atoms with van der Waals surface area (Å²) in [4.78, 5) is 0. The van der Waals surface area contributed by atoms with Crippen LogP contribution in [-0.2, 0) is 12.0 Å². The van der Waals surface area contributed by atoms with Gasteiger partial charge in [0.2, 0.25) is 0 Å². The molecule has 2 aliphatic carbocycles. The molecule has 2 aliphatic rings. The van der Waals surface area contributed by atoms with E-state index in [4.69, 9.17) is 17.0 Å². The molecule has 41 heavy (non-hydrogen) atoms. The van der Waals surface area contributed by atoms with Crippen LogP contribution < -0.4 is 10.5 Å². The molecule has 2 N–H and O–H groups in total. The van der Waals surface area contributed by atoms with Crippen molar-refractivity contribution >= 4 is 11.1 Å². The smallest absolute Gasteiger partial charge is 0.127 e. The van der Waals surface area contributed by atoms with E-state index >= 15 is 0 Å². The summed E-state index contributed by atoms with van der Waals surface area (Å²) in [5, 5.41) is 0. The van der Waals surface area contributed by atoms with Crippen LogP contribution in [0.15, 0.2) is 91.0 Å². The number of benzene rings is 3. The van der Waals surface area contributed by atoms with Crippen molar-refractivity contribution in [2.45, 2.75) is 97.1 Å². The summed E-state index contributed by atoms with van der Waals surface area (Å²) in [5.41, 5.74) is 16.2. The van der Waals surface area contributed by atoms with Crippen LogP contribution in [0.2, 0.25) is 0 Å². The van der Waals surface area contributed by atoms with Crippen molar-refractivity contribution in [2.24, 2.45) is 17.1 Å². The number of para-hydroxylation sites is 1. The van der Waals surface area contributed by atoms with Gasteiger partial charge in [-0.05, 0) is 77.3 Å². The lowest BCUT2D eigenvalue weighted by Gasteiger charge is -2.37. The van der Waals surface area contributed by atoms with Gasteiger partial charge >= 0.3 is 0 Å². The van der Waals surface area contributed by atoms with E-state index < -0.39 is 0 Å². The van der Waals surface area contributed by atoms with Gasteiger partial charge in [-0.25, -0.2) is 0 Å². The van der Waals surface area contributed by atoms with Crippen LogP contribution in [0.1, 0.15) is 101 Å². The van der Waals surface area contributed by atoms with Crippen LogP contribution in [-0.4, -0.2) is 6.04 Å². The van der Waals surface area contributed by atoms with Gasteiger partial charge in [0.25, 0.3) is 0 Å². The third-order valence-electron chi connectivity index (χ3n) is 9.65. The van der Waals surface area contributed by atoms with E-state index in [-0.39, 0.29) is 16.9 Å². The summed E-state index contributed by atoms with van der Waals surface area (Å²) in [5.74, 6) is 1.29. The highest BCUT2D eigenvalue weighted by Crippen LogP contribution is 2.66. The zero-order valence-electron chi connectivity index (χ0n) is 25.7. The van der Waals surface area contributed by atoms with Crippen molar-refractivity contribution in [3.8, 4) is 5.75 Å². The number of unbranched alkanes of at least 4 members (excludes halogenated alkanes) is 3. The minimum absolute atomic E-state index is 0.141. The molecule has 0 saturated heterocycles. The summed E-state index contributed by atoms with van der Waals surface area (Å²) in [6, 6.07) is 28.6. The Morgan fingerprint density at radius 3 is 2.34 bits per heavy atom. The van der Waals surface area contributed by atoms with E-state index in [1.54, 1.807) is 5.57 Å². The molecular formula is C39H49NO. The Morgan fingerprint density at radius 1 is 0.927 bits per heavy atom. The summed E-state index contributed by atoms with van der Waals surface area (Å²) in [6.07, 6.45) is 9.42. The van der Waals surface area contributed by atoms with E-state index in [9.17, 15) is 0 Å². The van der Waals surface area contributed by atoms with Gasteiger partial charge in [-0.1, -0.05) is 132 Å². The first-order valence-corrected chi connectivity index (χ1v) is 15.8. The highest BCUT2D eigenvalue weighted by atomic mass is 16.5. The quantitative estimate of drug-likeness (QED) is 0.242. The van der Waals surface area contributed by atoms with Gasteiger partial charge in [0.05, 0.1) is 0 Å². The highest BCUT2D eigenvalue weighted by Gasteiger charge is 2.56. The van der Waals surface area contributed by atoms with Crippen molar-refractivity contribution < 1.29 is 4.74 Å². The summed E-state index contributed by atoms with van der Waals surface area (Å²) < 4.78 is 6.55. The lowest BCUT2D eigenvalue weighted by Crippen LogP contribution is -2.33. The molecule has 0 aromatic heterocycles. The van der Waals surface area contributed by atoms with E-state index in [0.29, 0.717) is 12.5 Å². The van der Waals surface area contributed by atoms with E-state index in [1.807, 2.05) is 0 Å². The summed E-state index contributed by atoms with van der Waals surface area (Å²) in [6.45, 7) is 14.4. The molecule has 1 saturated carbocycles. The fourth-order valence-corrected chi connectivity index (χ4v) is 7.39. The normalized spacial score (nSPS) is 22.2. The minimum Gasteiger partial charge on any atom is -0.488 e. The van der Waals surface area contributed by atoms with Crippen LogP contribution in [0, 0.1) is 11.3 Å². The molecule has 216 valence electrons. The van der Waals surface area contributed by atoms with Gasteiger partial charge in [0, 0.05) is 17.0 Å². The molecule has 0 spiro atoms. The molecule has 0 bridgehead atoms. The molecule has 2 heteroatoms. The second-order valence-electron chi connectivity index (χ2n) is 13.4. The Hall–Kier alpha value is -3.10. The van der Waals surface area contributed by atoms with Gasteiger partial charge in [0.15, 0.2) is 0 Å². The fraction of sp³-hybridized carbons (Fsp3) is 0.436. The van der Waals surface area contributed by atoms with Crippen LogP contribution in [0.3, 0.4) is 0 Å². The zero-order chi connectivity index (χ0) is 29.0. The molecule has 3 unspecified atom stereocenters. The number of rotatable bonds is 11. The summed E-state index contributed by atoms with van der Waals surface area (Å²) in [7, 11) is 0. The molecule has 3 aromatic carbocycles. The predicted octanol–water partition coefficient (Wildman–Crippen LogP) is 10.1. The Morgan fingerprint density at radius 2 is 1.63 bits per heavy atom. The van der Waals surface area contributed by atoms with Crippen molar-refractivity contribution in [3.05, 3.63) is 113 Å². The molecule has 0 aliphatic heterocycles. The predicted molar refractivity (Wildman–Crippen MR) is 175 cm³/mol. The SMILES string of the molecule is C=C(c1ccccc1OCc1ccc(C(C)(C)C)cc1)C12CCC(N)C1CC(CCCCCC)=C2c1ccccc1. The third kappa shape index (κ3) is 5.95. The molecule has 0 radical (unpaired) electrons. The molecule has 5 rings (SSSR count). The van der Waals surface area contributed by atoms with Gasteiger partial charge in [0.1, 0.15) is 12.4 Å². The Bertz CT molecular complexity index is 1360. The molecule has 2 nitrogen and oxygen atoms in total. The first kappa shape index (κ1) is 29.4. The number of hydrogen-bond acceptors (Lipinski definition) is 2. The second kappa shape index (κ2) is 12.4. The van der Waals surface area contributed by atoms with E-state index in [0.717, 1.165) is 37.0 Å². The Kier molecular flexibility index (Phi) is 8.90. The molecule has 0 heterocycles. The number of nitrogens with two attached hydrogens (primary N) is 1. The number of fused-ring (bicyclic) bond motifs is 1. The van der Waals surface area contributed by atoms with Gasteiger partial charge in [-0.3, -0.25) is 0 Å². The average Bonchev–Trinajstić information content (AvgIpc) is 3.48. The van der Waals surface area contributed by atoms with Gasteiger partial charge < -0.3 is 10.5 Å². The van der Waals surface area contributed by atoms with Crippen molar-refractivity contribution in [3.63, 3.8) is 0 Å². The molecule has 3 aromatic rings. The number of allylic oxidation sites excluding steroid dienone is 3. The van der Waals surface area contributed by atoms with Gasteiger partial charge in [-0.15, -0.1) is 0 Å². The van der Waals surface area contributed by atoms with Gasteiger partial charge in [-0.2, -0.15) is 0 Å². The highest BCUT2D eigenvalue weighted by molar-refractivity contribution is 5.91.